The minimum absolute atomic E-state index is 0.0640. The highest BCUT2D eigenvalue weighted by atomic mass is 32.1. The molecule has 0 aliphatic carbocycles. The number of ether oxygens (including phenoxy) is 1. The van der Waals surface area contributed by atoms with Gasteiger partial charge in [-0.15, -0.1) is 11.3 Å². The molecular formula is C15H19N3O2S. The average molecular weight is 305 g/mol. The van der Waals surface area contributed by atoms with E-state index in [4.69, 9.17) is 4.74 Å². The number of methoxy groups -OCH3 is 1. The zero-order chi connectivity index (χ0) is 15.2. The molecule has 112 valence electrons. The van der Waals surface area contributed by atoms with Gasteiger partial charge in [0, 0.05) is 11.9 Å². The predicted molar refractivity (Wildman–Crippen MR) is 84.8 cm³/mol. The number of hydrogen-bond acceptors (Lipinski definition) is 5. The molecule has 0 spiro atoms. The van der Waals surface area contributed by atoms with Crippen molar-refractivity contribution in [3.8, 4) is 5.75 Å². The Morgan fingerprint density at radius 3 is 2.67 bits per heavy atom. The van der Waals surface area contributed by atoms with Crippen LogP contribution in [0.15, 0.2) is 29.6 Å². The minimum atomic E-state index is -0.0640. The molecule has 1 amide bonds. The molecule has 0 aliphatic heterocycles. The van der Waals surface area contributed by atoms with Crippen LogP contribution >= 0.6 is 11.3 Å². The van der Waals surface area contributed by atoms with Gasteiger partial charge in [0.25, 0.3) is 0 Å². The van der Waals surface area contributed by atoms with Gasteiger partial charge in [-0.3, -0.25) is 4.79 Å². The zero-order valence-corrected chi connectivity index (χ0v) is 13.2. The number of hydrogen-bond donors (Lipinski definition) is 1. The van der Waals surface area contributed by atoms with Gasteiger partial charge in [-0.2, -0.15) is 0 Å². The maximum Gasteiger partial charge on any atom is 0.230 e. The molecule has 1 N–H and O–H groups in total. The van der Waals surface area contributed by atoms with Crippen molar-refractivity contribution in [2.45, 2.75) is 13.0 Å². The van der Waals surface area contributed by atoms with Crippen molar-refractivity contribution in [3.05, 3.63) is 40.9 Å². The first-order chi connectivity index (χ1) is 10.1. The fourth-order valence-electron chi connectivity index (χ4n) is 1.85. The van der Waals surface area contributed by atoms with Crippen LogP contribution in [0.5, 0.6) is 5.75 Å². The number of thiazole rings is 1. The van der Waals surface area contributed by atoms with Gasteiger partial charge in [0.1, 0.15) is 5.75 Å². The third kappa shape index (κ3) is 4.84. The Morgan fingerprint density at radius 1 is 1.33 bits per heavy atom. The molecule has 0 saturated carbocycles. The number of amides is 1. The summed E-state index contributed by atoms with van der Waals surface area (Å²) in [5.41, 5.74) is 1.91. The van der Waals surface area contributed by atoms with Crippen molar-refractivity contribution in [2.75, 3.05) is 26.5 Å². The van der Waals surface area contributed by atoms with Crippen LogP contribution in [0.2, 0.25) is 0 Å². The van der Waals surface area contributed by atoms with E-state index in [1.54, 1.807) is 7.11 Å². The topological polar surface area (TPSA) is 54.5 Å². The molecule has 0 atom stereocenters. The van der Waals surface area contributed by atoms with Crippen molar-refractivity contribution in [2.24, 2.45) is 0 Å². The number of nitrogens with zero attached hydrogens (tertiary/aromatic N) is 2. The molecular weight excluding hydrogens is 286 g/mol. The van der Waals surface area contributed by atoms with Crippen molar-refractivity contribution in [1.82, 2.24) is 9.88 Å². The van der Waals surface area contributed by atoms with E-state index >= 15 is 0 Å². The lowest BCUT2D eigenvalue weighted by atomic mass is 10.1. The quantitative estimate of drug-likeness (QED) is 0.890. The monoisotopic (exact) mass is 305 g/mol. The van der Waals surface area contributed by atoms with E-state index in [9.17, 15) is 4.79 Å². The lowest BCUT2D eigenvalue weighted by molar-refractivity contribution is -0.115. The van der Waals surface area contributed by atoms with Crippen LogP contribution in [0.3, 0.4) is 0 Å². The number of carbonyl (C=O) groups excluding carboxylic acids is 1. The first-order valence-corrected chi connectivity index (χ1v) is 7.46. The van der Waals surface area contributed by atoms with Crippen LogP contribution in [0.25, 0.3) is 0 Å². The highest BCUT2D eigenvalue weighted by Gasteiger charge is 2.08. The minimum Gasteiger partial charge on any atom is -0.497 e. The van der Waals surface area contributed by atoms with E-state index in [-0.39, 0.29) is 5.91 Å². The molecule has 0 fully saturated rings. The first-order valence-electron chi connectivity index (χ1n) is 6.58. The van der Waals surface area contributed by atoms with Gasteiger partial charge in [0.05, 0.1) is 19.2 Å². The highest BCUT2D eigenvalue weighted by molar-refractivity contribution is 7.13. The number of anilines is 1. The summed E-state index contributed by atoms with van der Waals surface area (Å²) < 4.78 is 5.09. The van der Waals surface area contributed by atoms with Gasteiger partial charge in [-0.05, 0) is 31.8 Å². The Balaban J connectivity index is 1.90. The second-order valence-electron chi connectivity index (χ2n) is 4.95. The second-order valence-corrected chi connectivity index (χ2v) is 5.81. The number of carbonyl (C=O) groups is 1. The lowest BCUT2D eigenvalue weighted by Gasteiger charge is -2.06. The molecule has 6 heteroatoms. The van der Waals surface area contributed by atoms with E-state index < -0.39 is 0 Å². The summed E-state index contributed by atoms with van der Waals surface area (Å²) in [6.45, 7) is 0.769. The van der Waals surface area contributed by atoms with Crippen molar-refractivity contribution >= 4 is 22.4 Å². The highest BCUT2D eigenvalue weighted by Crippen LogP contribution is 2.17. The summed E-state index contributed by atoms with van der Waals surface area (Å²) in [6.07, 6.45) is 0.326. The van der Waals surface area contributed by atoms with Gasteiger partial charge < -0.3 is 15.0 Å². The number of benzene rings is 1. The molecule has 0 saturated heterocycles. The Kier molecular flexibility index (Phi) is 5.30. The molecule has 2 aromatic rings. The Morgan fingerprint density at radius 2 is 2.05 bits per heavy atom. The molecule has 0 aliphatic rings. The molecule has 1 aromatic carbocycles. The molecule has 21 heavy (non-hydrogen) atoms. The van der Waals surface area contributed by atoms with E-state index in [0.29, 0.717) is 11.6 Å². The summed E-state index contributed by atoms with van der Waals surface area (Å²) in [6, 6.07) is 7.47. The fraction of sp³-hybridized carbons (Fsp3) is 0.333. The van der Waals surface area contributed by atoms with Crippen LogP contribution in [-0.4, -0.2) is 37.0 Å². The molecule has 5 nitrogen and oxygen atoms in total. The summed E-state index contributed by atoms with van der Waals surface area (Å²) in [5.74, 6) is 0.721. The SMILES string of the molecule is COc1ccc(CC(=O)Nc2nc(CN(C)C)cs2)cc1. The first kappa shape index (κ1) is 15.5. The summed E-state index contributed by atoms with van der Waals surface area (Å²) in [4.78, 5) is 18.4. The normalized spacial score (nSPS) is 10.7. The number of rotatable bonds is 6. The number of nitrogens with one attached hydrogen (secondary N) is 1. The smallest absolute Gasteiger partial charge is 0.230 e. The molecule has 0 bridgehead atoms. The van der Waals surface area contributed by atoms with Gasteiger partial charge in [0.2, 0.25) is 5.91 Å². The molecule has 0 radical (unpaired) electrons. The Labute approximate surface area is 128 Å². The summed E-state index contributed by atoms with van der Waals surface area (Å²) in [5, 5.41) is 5.44. The van der Waals surface area contributed by atoms with Crippen LogP contribution in [0, 0.1) is 0 Å². The van der Waals surface area contributed by atoms with Crippen molar-refractivity contribution in [3.63, 3.8) is 0 Å². The van der Waals surface area contributed by atoms with Crippen molar-refractivity contribution in [1.29, 1.82) is 0 Å². The summed E-state index contributed by atoms with van der Waals surface area (Å²) in [7, 11) is 5.60. The maximum absolute atomic E-state index is 12.0. The molecule has 1 heterocycles. The van der Waals surface area contributed by atoms with Crippen LogP contribution in [0.1, 0.15) is 11.3 Å². The summed E-state index contributed by atoms with van der Waals surface area (Å²) >= 11 is 1.45. The molecule has 2 rings (SSSR count). The van der Waals surface area contributed by atoms with Crippen molar-refractivity contribution < 1.29 is 9.53 Å². The number of aromatic nitrogens is 1. The zero-order valence-electron chi connectivity index (χ0n) is 12.4. The second kappa shape index (κ2) is 7.19. The van der Waals surface area contributed by atoms with E-state index in [2.05, 4.69) is 10.3 Å². The van der Waals surface area contributed by atoms with Gasteiger partial charge in [-0.1, -0.05) is 12.1 Å². The average Bonchev–Trinajstić information content (AvgIpc) is 2.85. The Hall–Kier alpha value is -1.92. The standard InChI is InChI=1S/C15H19N3O2S/c1-18(2)9-12-10-21-15(16-12)17-14(19)8-11-4-6-13(20-3)7-5-11/h4-7,10H,8-9H2,1-3H3,(H,16,17,19). The van der Waals surface area contributed by atoms with Crippen LogP contribution in [-0.2, 0) is 17.8 Å². The fourth-order valence-corrected chi connectivity index (χ4v) is 2.57. The van der Waals surface area contributed by atoms with Gasteiger partial charge >= 0.3 is 0 Å². The van der Waals surface area contributed by atoms with Crippen LogP contribution in [0.4, 0.5) is 5.13 Å². The van der Waals surface area contributed by atoms with E-state index in [1.807, 2.05) is 48.6 Å². The predicted octanol–water partition coefficient (Wildman–Crippen LogP) is 2.39. The Bertz CT molecular complexity index is 593. The largest absolute Gasteiger partial charge is 0.497 e. The maximum atomic E-state index is 12.0. The van der Waals surface area contributed by atoms with Crippen LogP contribution < -0.4 is 10.1 Å². The molecule has 1 aromatic heterocycles. The van der Waals surface area contributed by atoms with Gasteiger partial charge in [-0.25, -0.2) is 4.98 Å². The molecule has 0 unspecified atom stereocenters. The van der Waals surface area contributed by atoms with Gasteiger partial charge in [0.15, 0.2) is 5.13 Å². The lowest BCUT2D eigenvalue weighted by Crippen LogP contribution is -2.15. The third-order valence-electron chi connectivity index (χ3n) is 2.80. The van der Waals surface area contributed by atoms with E-state index in [1.165, 1.54) is 11.3 Å². The van der Waals surface area contributed by atoms with E-state index in [0.717, 1.165) is 23.6 Å². The third-order valence-corrected chi connectivity index (χ3v) is 3.61.